The largest absolute Gasteiger partial charge is 0.495 e. The number of piperazine rings is 1. The summed E-state index contributed by atoms with van der Waals surface area (Å²) in [6.45, 7) is 5.98. The fourth-order valence-electron chi connectivity index (χ4n) is 4.15. The molecule has 0 saturated carbocycles. The van der Waals surface area contributed by atoms with Crippen LogP contribution in [0.5, 0.6) is 17.2 Å². The zero-order chi connectivity index (χ0) is 25.7. The molecule has 1 aliphatic heterocycles. The van der Waals surface area contributed by atoms with Crippen LogP contribution in [0.25, 0.3) is 10.9 Å². The van der Waals surface area contributed by atoms with E-state index in [2.05, 4.69) is 55.8 Å². The van der Waals surface area contributed by atoms with Crippen LogP contribution < -0.4 is 19.5 Å². The lowest BCUT2D eigenvalue weighted by molar-refractivity contribution is 0.145. The molecule has 36 heavy (non-hydrogen) atoms. The standard InChI is InChI=1S/C26H29ClIN5O3/c1-32-6-8-33(9-7-32)5-4-10-36-25-13-21-18(11-24(25)35-3)26(17(15-29)16-30-21)31-22-14-23(34-2)19(27)12-20(22)28/h11-14,16H,4-10H2,1-3H3,(H,30,31). The van der Waals surface area contributed by atoms with Gasteiger partial charge >= 0.3 is 0 Å². The fraction of sp³-hybridized carbons (Fsp3) is 0.385. The summed E-state index contributed by atoms with van der Waals surface area (Å²) in [7, 11) is 5.34. The number of nitriles is 1. The minimum atomic E-state index is 0.412. The molecule has 1 aromatic heterocycles. The third-order valence-corrected chi connectivity index (χ3v) is 7.43. The van der Waals surface area contributed by atoms with Crippen molar-refractivity contribution >= 4 is 56.5 Å². The molecular formula is C26H29ClIN5O3. The average Bonchev–Trinajstić information content (AvgIpc) is 2.88. The van der Waals surface area contributed by atoms with E-state index in [0.717, 1.165) is 53.8 Å². The number of likely N-dealkylation sites (N-methyl/N-ethyl adjacent to an activating group) is 1. The quantitative estimate of drug-likeness (QED) is 0.260. The third-order valence-electron chi connectivity index (χ3n) is 6.25. The van der Waals surface area contributed by atoms with Crippen molar-refractivity contribution in [3.63, 3.8) is 0 Å². The molecule has 0 atom stereocenters. The number of hydrogen-bond acceptors (Lipinski definition) is 8. The lowest BCUT2D eigenvalue weighted by Gasteiger charge is -2.32. The van der Waals surface area contributed by atoms with Gasteiger partial charge in [0, 0.05) is 60.0 Å². The summed E-state index contributed by atoms with van der Waals surface area (Å²) in [5.74, 6) is 1.76. The van der Waals surface area contributed by atoms with Crippen molar-refractivity contribution in [1.29, 1.82) is 5.26 Å². The van der Waals surface area contributed by atoms with Crippen molar-refractivity contribution in [2.45, 2.75) is 6.42 Å². The minimum Gasteiger partial charge on any atom is -0.495 e. The number of anilines is 2. The molecule has 1 saturated heterocycles. The molecule has 190 valence electrons. The van der Waals surface area contributed by atoms with Gasteiger partial charge in [0.25, 0.3) is 0 Å². The van der Waals surface area contributed by atoms with Gasteiger partial charge in [-0.05, 0) is 48.2 Å². The zero-order valence-corrected chi connectivity index (χ0v) is 23.5. The van der Waals surface area contributed by atoms with E-state index in [4.69, 9.17) is 25.8 Å². The molecule has 2 aromatic carbocycles. The Kier molecular flexibility index (Phi) is 8.95. The van der Waals surface area contributed by atoms with Crippen molar-refractivity contribution in [3.05, 3.63) is 44.6 Å². The number of hydrogen-bond donors (Lipinski definition) is 1. The molecule has 0 bridgehead atoms. The zero-order valence-electron chi connectivity index (χ0n) is 20.6. The van der Waals surface area contributed by atoms with Crippen LogP contribution in [0.4, 0.5) is 11.4 Å². The number of methoxy groups -OCH3 is 2. The Balaban J connectivity index is 1.57. The second-order valence-corrected chi connectivity index (χ2v) is 10.2. The normalized spacial score (nSPS) is 14.4. The summed E-state index contributed by atoms with van der Waals surface area (Å²) in [4.78, 5) is 9.33. The van der Waals surface area contributed by atoms with Crippen LogP contribution in [0.15, 0.2) is 30.5 Å². The highest BCUT2D eigenvalue weighted by molar-refractivity contribution is 14.1. The van der Waals surface area contributed by atoms with Crippen molar-refractivity contribution in [2.24, 2.45) is 0 Å². The summed E-state index contributed by atoms with van der Waals surface area (Å²) in [6, 6.07) is 9.58. The number of aromatic nitrogens is 1. The Hall–Kier alpha value is -2.52. The molecule has 1 aliphatic rings. The number of ether oxygens (including phenoxy) is 3. The first kappa shape index (κ1) is 26.5. The Morgan fingerprint density at radius 3 is 2.53 bits per heavy atom. The molecular weight excluding hydrogens is 593 g/mol. The van der Waals surface area contributed by atoms with Gasteiger partial charge in [-0.2, -0.15) is 5.26 Å². The van der Waals surface area contributed by atoms with Gasteiger partial charge in [-0.3, -0.25) is 4.98 Å². The first-order valence-corrected chi connectivity index (χ1v) is 13.1. The summed E-state index contributed by atoms with van der Waals surface area (Å²) < 4.78 is 18.0. The van der Waals surface area contributed by atoms with Gasteiger partial charge in [0.05, 0.1) is 48.3 Å². The van der Waals surface area contributed by atoms with E-state index in [0.29, 0.717) is 45.6 Å². The van der Waals surface area contributed by atoms with E-state index in [-0.39, 0.29) is 0 Å². The smallest absolute Gasteiger partial charge is 0.163 e. The number of nitrogens with one attached hydrogen (secondary N) is 1. The molecule has 0 radical (unpaired) electrons. The molecule has 2 heterocycles. The molecule has 8 nitrogen and oxygen atoms in total. The van der Waals surface area contributed by atoms with Gasteiger partial charge in [0.1, 0.15) is 11.8 Å². The van der Waals surface area contributed by atoms with Gasteiger partial charge < -0.3 is 29.3 Å². The van der Waals surface area contributed by atoms with Crippen molar-refractivity contribution in [1.82, 2.24) is 14.8 Å². The number of fused-ring (bicyclic) bond motifs is 1. The van der Waals surface area contributed by atoms with Crippen molar-refractivity contribution in [3.8, 4) is 23.3 Å². The molecule has 0 unspecified atom stereocenters. The number of halogens is 2. The van der Waals surface area contributed by atoms with E-state index < -0.39 is 0 Å². The maximum Gasteiger partial charge on any atom is 0.163 e. The van der Waals surface area contributed by atoms with Crippen molar-refractivity contribution < 1.29 is 14.2 Å². The molecule has 4 rings (SSSR count). The lowest BCUT2D eigenvalue weighted by atomic mass is 10.1. The van der Waals surface area contributed by atoms with E-state index >= 15 is 0 Å². The van der Waals surface area contributed by atoms with Crippen LogP contribution in [0.2, 0.25) is 5.02 Å². The molecule has 1 fully saturated rings. The molecule has 0 amide bonds. The second-order valence-electron chi connectivity index (χ2n) is 8.62. The van der Waals surface area contributed by atoms with Gasteiger partial charge in [-0.15, -0.1) is 0 Å². The Labute approximate surface area is 230 Å². The number of nitrogens with zero attached hydrogens (tertiary/aromatic N) is 4. The van der Waals surface area contributed by atoms with E-state index in [9.17, 15) is 5.26 Å². The lowest BCUT2D eigenvalue weighted by Crippen LogP contribution is -2.44. The summed E-state index contributed by atoms with van der Waals surface area (Å²) >= 11 is 8.46. The summed E-state index contributed by atoms with van der Waals surface area (Å²) in [6.07, 6.45) is 2.49. The summed E-state index contributed by atoms with van der Waals surface area (Å²) in [5.41, 5.74) is 2.51. The molecule has 10 heteroatoms. The predicted molar refractivity (Wildman–Crippen MR) is 151 cm³/mol. The third kappa shape index (κ3) is 6.06. The fourth-order valence-corrected chi connectivity index (χ4v) is 5.18. The van der Waals surface area contributed by atoms with Gasteiger partial charge in [0.2, 0.25) is 0 Å². The topological polar surface area (TPSA) is 82.9 Å². The Morgan fingerprint density at radius 2 is 1.83 bits per heavy atom. The molecule has 1 N–H and O–H groups in total. The Bertz CT molecular complexity index is 1270. The van der Waals surface area contributed by atoms with E-state index in [1.54, 1.807) is 20.4 Å². The highest BCUT2D eigenvalue weighted by Crippen LogP contribution is 2.39. The van der Waals surface area contributed by atoms with Crippen molar-refractivity contribution in [2.75, 3.05) is 65.9 Å². The summed E-state index contributed by atoms with van der Waals surface area (Å²) in [5, 5.41) is 14.4. The highest BCUT2D eigenvalue weighted by atomic mass is 127. The SMILES string of the molecule is COc1cc(Nc2c(C#N)cnc3cc(OCCCN4CCN(C)CC4)c(OC)cc23)c(I)cc1Cl. The minimum absolute atomic E-state index is 0.412. The van der Waals surface area contributed by atoms with Crippen LogP contribution in [0.1, 0.15) is 12.0 Å². The van der Waals surface area contributed by atoms with Crippen LogP contribution in [0.3, 0.4) is 0 Å². The van der Waals surface area contributed by atoms with Crippen LogP contribution in [-0.4, -0.2) is 75.4 Å². The molecule has 3 aromatic rings. The van der Waals surface area contributed by atoms with Gasteiger partial charge in [-0.1, -0.05) is 11.6 Å². The molecule has 0 aliphatic carbocycles. The van der Waals surface area contributed by atoms with Crippen LogP contribution in [-0.2, 0) is 0 Å². The maximum atomic E-state index is 9.78. The first-order chi connectivity index (χ1) is 17.4. The first-order valence-electron chi connectivity index (χ1n) is 11.7. The highest BCUT2D eigenvalue weighted by Gasteiger charge is 2.17. The predicted octanol–water partition coefficient (Wildman–Crippen LogP) is 5.14. The number of benzene rings is 2. The van der Waals surface area contributed by atoms with E-state index in [1.165, 1.54) is 0 Å². The Morgan fingerprint density at radius 1 is 1.08 bits per heavy atom. The second kappa shape index (κ2) is 12.1. The number of rotatable bonds is 9. The van der Waals surface area contributed by atoms with Gasteiger partial charge in [-0.25, -0.2) is 0 Å². The van der Waals surface area contributed by atoms with Crippen LogP contribution in [0, 0.1) is 14.9 Å². The molecule has 0 spiro atoms. The number of pyridine rings is 1. The maximum absolute atomic E-state index is 9.78. The monoisotopic (exact) mass is 621 g/mol. The van der Waals surface area contributed by atoms with E-state index in [1.807, 2.05) is 24.3 Å². The van der Waals surface area contributed by atoms with Crippen LogP contribution >= 0.6 is 34.2 Å². The van der Waals surface area contributed by atoms with Gasteiger partial charge in [0.15, 0.2) is 11.5 Å². The average molecular weight is 622 g/mol.